The maximum Gasteiger partial charge on any atom is 0.0914 e. The number of nitrogens with zero attached hydrogens (tertiary/aromatic N) is 2. The molecule has 0 spiro atoms. The largest absolute Gasteiger partial charge is 0.253 e. The van der Waals surface area contributed by atoms with Gasteiger partial charge in [0.05, 0.1) is 32.1 Å². The Bertz CT molecular complexity index is 675. The highest BCUT2D eigenvalue weighted by Crippen LogP contribution is 2.17. The van der Waals surface area contributed by atoms with E-state index in [1.54, 1.807) is 4.68 Å². The van der Waals surface area contributed by atoms with Gasteiger partial charge in [-0.25, -0.2) is 4.68 Å². The first-order valence-corrected chi connectivity index (χ1v) is 8.04. The third kappa shape index (κ3) is 2.83. The Hall–Kier alpha value is -1.72. The number of benzene rings is 1. The van der Waals surface area contributed by atoms with Crippen molar-refractivity contribution in [2.24, 2.45) is 0 Å². The van der Waals surface area contributed by atoms with Gasteiger partial charge < -0.3 is 0 Å². The van der Waals surface area contributed by atoms with Crippen LogP contribution in [0.2, 0.25) is 0 Å². The van der Waals surface area contributed by atoms with Crippen LogP contribution in [0, 0.1) is 0 Å². The highest BCUT2D eigenvalue weighted by molar-refractivity contribution is 7.86. The molecule has 0 aliphatic heterocycles. The molecule has 0 amide bonds. The van der Waals surface area contributed by atoms with Crippen LogP contribution in [0.3, 0.4) is 0 Å². The predicted molar refractivity (Wildman–Crippen MR) is 78.0 cm³/mol. The number of rotatable bonds is 4. The molecule has 0 saturated carbocycles. The summed E-state index contributed by atoms with van der Waals surface area (Å²) >= 11 is 1.52. The van der Waals surface area contributed by atoms with E-state index in [0.29, 0.717) is 5.75 Å². The van der Waals surface area contributed by atoms with E-state index in [9.17, 15) is 4.21 Å². The minimum absolute atomic E-state index is 0.459. The van der Waals surface area contributed by atoms with Gasteiger partial charge in [0, 0.05) is 6.20 Å². The molecule has 0 fully saturated rings. The van der Waals surface area contributed by atoms with Gasteiger partial charge in [-0.15, -0.1) is 11.3 Å². The van der Waals surface area contributed by atoms with Crippen molar-refractivity contribution in [2.75, 3.05) is 0 Å². The lowest BCUT2D eigenvalue weighted by Gasteiger charge is -2.00. The van der Waals surface area contributed by atoms with Crippen LogP contribution in [-0.2, 0) is 16.6 Å². The molecule has 2 aromatic heterocycles. The van der Waals surface area contributed by atoms with Crippen molar-refractivity contribution in [3.8, 4) is 5.69 Å². The van der Waals surface area contributed by atoms with Crippen molar-refractivity contribution >= 4 is 22.1 Å². The first-order valence-electron chi connectivity index (χ1n) is 5.85. The van der Waals surface area contributed by atoms with E-state index in [4.69, 9.17) is 0 Å². The molecular formula is C14H12N2OS2. The average Bonchev–Trinajstić information content (AvgIpc) is 3.11. The summed E-state index contributed by atoms with van der Waals surface area (Å²) in [6.45, 7) is 0. The summed E-state index contributed by atoms with van der Waals surface area (Å²) < 4.78 is 14.8. The number of hydrogen-bond acceptors (Lipinski definition) is 3. The van der Waals surface area contributed by atoms with Gasteiger partial charge in [-0.2, -0.15) is 5.10 Å². The molecule has 96 valence electrons. The van der Waals surface area contributed by atoms with Crippen molar-refractivity contribution in [3.63, 3.8) is 0 Å². The summed E-state index contributed by atoms with van der Waals surface area (Å²) in [6.07, 6.45) is 1.90. The van der Waals surface area contributed by atoms with E-state index in [2.05, 4.69) is 5.10 Å². The normalized spacial score (nSPS) is 12.4. The molecule has 5 heteroatoms. The average molecular weight is 288 g/mol. The SMILES string of the molecule is O=[S@](Cc1ccn(-c2ccccc2)n1)c1cccs1. The predicted octanol–water partition coefficient (Wildman–Crippen LogP) is 3.24. The molecule has 0 N–H and O–H groups in total. The molecule has 0 saturated heterocycles. The van der Waals surface area contributed by atoms with E-state index in [1.165, 1.54) is 11.3 Å². The molecule has 0 aliphatic carbocycles. The highest BCUT2D eigenvalue weighted by atomic mass is 32.2. The van der Waals surface area contributed by atoms with Crippen molar-refractivity contribution < 1.29 is 4.21 Å². The molecule has 3 aromatic rings. The van der Waals surface area contributed by atoms with Gasteiger partial charge in [0.15, 0.2) is 0 Å². The van der Waals surface area contributed by atoms with Crippen LogP contribution in [0.5, 0.6) is 0 Å². The summed E-state index contributed by atoms with van der Waals surface area (Å²) in [7, 11) is -1.00. The van der Waals surface area contributed by atoms with Gasteiger partial charge >= 0.3 is 0 Å². The smallest absolute Gasteiger partial charge is 0.0914 e. The number of hydrogen-bond donors (Lipinski definition) is 0. The Morgan fingerprint density at radius 3 is 2.68 bits per heavy atom. The summed E-state index contributed by atoms with van der Waals surface area (Å²) in [6, 6.07) is 15.6. The Balaban J connectivity index is 1.77. The van der Waals surface area contributed by atoms with Gasteiger partial charge in [-0.1, -0.05) is 24.3 Å². The van der Waals surface area contributed by atoms with E-state index in [0.717, 1.165) is 15.6 Å². The minimum atomic E-state index is -1.00. The lowest BCUT2D eigenvalue weighted by molar-refractivity contribution is 0.683. The van der Waals surface area contributed by atoms with Crippen LogP contribution in [0.1, 0.15) is 5.69 Å². The molecular weight excluding hydrogens is 276 g/mol. The molecule has 1 aromatic carbocycles. The van der Waals surface area contributed by atoms with Crippen molar-refractivity contribution in [2.45, 2.75) is 9.96 Å². The zero-order valence-electron chi connectivity index (χ0n) is 10.1. The van der Waals surface area contributed by atoms with Gasteiger partial charge in [0.25, 0.3) is 0 Å². The second-order valence-electron chi connectivity index (χ2n) is 4.01. The second kappa shape index (κ2) is 5.50. The third-order valence-corrected chi connectivity index (χ3v) is 5.31. The van der Waals surface area contributed by atoms with Crippen molar-refractivity contribution in [1.29, 1.82) is 0 Å². The number of aromatic nitrogens is 2. The first-order chi connectivity index (χ1) is 9.33. The van der Waals surface area contributed by atoms with Crippen LogP contribution in [-0.4, -0.2) is 14.0 Å². The van der Waals surface area contributed by atoms with Crippen molar-refractivity contribution in [3.05, 3.63) is 65.8 Å². The maximum absolute atomic E-state index is 12.1. The molecule has 19 heavy (non-hydrogen) atoms. The van der Waals surface area contributed by atoms with Crippen LogP contribution in [0.15, 0.2) is 64.3 Å². The standard InChI is InChI=1S/C14H12N2OS2/c17-19(14-7-4-10-18-14)11-12-8-9-16(15-12)13-5-2-1-3-6-13/h1-10H,11H2/t19-/m1/s1. The summed E-state index contributed by atoms with van der Waals surface area (Å²) in [5.41, 5.74) is 1.85. The summed E-state index contributed by atoms with van der Waals surface area (Å²) in [5.74, 6) is 0.459. The van der Waals surface area contributed by atoms with Crippen LogP contribution in [0.25, 0.3) is 5.69 Å². The Morgan fingerprint density at radius 1 is 1.11 bits per heavy atom. The summed E-state index contributed by atoms with van der Waals surface area (Å²) in [4.78, 5) is 0. The van der Waals surface area contributed by atoms with Crippen LogP contribution >= 0.6 is 11.3 Å². The third-order valence-electron chi connectivity index (χ3n) is 2.66. The molecule has 0 bridgehead atoms. The fourth-order valence-corrected chi connectivity index (χ4v) is 3.78. The van der Waals surface area contributed by atoms with Crippen molar-refractivity contribution in [1.82, 2.24) is 9.78 Å². The zero-order chi connectivity index (χ0) is 13.1. The van der Waals surface area contributed by atoms with E-state index < -0.39 is 10.8 Å². The number of para-hydroxylation sites is 1. The molecule has 1 atom stereocenters. The van der Waals surface area contributed by atoms with Gasteiger partial charge in [0.1, 0.15) is 0 Å². The number of thiophene rings is 1. The van der Waals surface area contributed by atoms with Crippen LogP contribution in [0.4, 0.5) is 0 Å². The monoisotopic (exact) mass is 288 g/mol. The zero-order valence-corrected chi connectivity index (χ0v) is 11.7. The second-order valence-corrected chi connectivity index (χ2v) is 6.63. The fraction of sp³-hybridized carbons (Fsp3) is 0.0714. The fourth-order valence-electron chi connectivity index (χ4n) is 1.76. The van der Waals surface area contributed by atoms with E-state index in [-0.39, 0.29) is 0 Å². The lowest BCUT2D eigenvalue weighted by atomic mass is 10.3. The van der Waals surface area contributed by atoms with E-state index >= 15 is 0 Å². The maximum atomic E-state index is 12.1. The van der Waals surface area contributed by atoms with Crippen LogP contribution < -0.4 is 0 Å². The van der Waals surface area contributed by atoms with Gasteiger partial charge in [-0.3, -0.25) is 4.21 Å². The molecule has 2 heterocycles. The van der Waals surface area contributed by atoms with Gasteiger partial charge in [0.2, 0.25) is 0 Å². The Labute approximate surface area is 118 Å². The Morgan fingerprint density at radius 2 is 1.95 bits per heavy atom. The topological polar surface area (TPSA) is 34.9 Å². The highest BCUT2D eigenvalue weighted by Gasteiger charge is 2.08. The van der Waals surface area contributed by atoms with E-state index in [1.807, 2.05) is 60.1 Å². The first kappa shape index (κ1) is 12.3. The molecule has 0 radical (unpaired) electrons. The molecule has 3 rings (SSSR count). The Kier molecular flexibility index (Phi) is 3.57. The molecule has 0 unspecified atom stereocenters. The quantitative estimate of drug-likeness (QED) is 0.738. The summed E-state index contributed by atoms with van der Waals surface area (Å²) in [5, 5.41) is 6.40. The molecule has 0 aliphatic rings. The lowest BCUT2D eigenvalue weighted by Crippen LogP contribution is -1.98. The van der Waals surface area contributed by atoms with Gasteiger partial charge in [-0.05, 0) is 29.6 Å². The minimum Gasteiger partial charge on any atom is -0.253 e. The molecule has 3 nitrogen and oxygen atoms in total.